The van der Waals surface area contributed by atoms with Crippen molar-refractivity contribution in [2.75, 3.05) is 13.1 Å². The molecule has 134 valence electrons. The number of alkyl carbamates (subject to hydrolysis) is 1. The van der Waals surface area contributed by atoms with E-state index in [0.29, 0.717) is 11.1 Å². The molecule has 0 aliphatic rings. The molecule has 0 fully saturated rings. The number of amides is 1. The van der Waals surface area contributed by atoms with E-state index in [9.17, 15) is 19.8 Å². The molecule has 0 bridgehead atoms. The van der Waals surface area contributed by atoms with Gasteiger partial charge in [-0.1, -0.05) is 24.3 Å². The van der Waals surface area contributed by atoms with Crippen molar-refractivity contribution in [2.45, 2.75) is 45.0 Å². The Bertz CT molecular complexity index is 551. The Hall–Kier alpha value is -1.96. The van der Waals surface area contributed by atoms with Crippen LogP contribution in [0.25, 0.3) is 0 Å². The van der Waals surface area contributed by atoms with E-state index in [4.69, 9.17) is 10.5 Å². The van der Waals surface area contributed by atoms with Gasteiger partial charge in [-0.2, -0.15) is 0 Å². The van der Waals surface area contributed by atoms with Gasteiger partial charge in [-0.3, -0.25) is 4.79 Å². The summed E-state index contributed by atoms with van der Waals surface area (Å²) in [4.78, 5) is 22.9. The zero-order valence-electron chi connectivity index (χ0n) is 14.3. The summed E-state index contributed by atoms with van der Waals surface area (Å²) >= 11 is 0. The van der Waals surface area contributed by atoms with Crippen LogP contribution >= 0.6 is 0 Å². The van der Waals surface area contributed by atoms with Gasteiger partial charge in [0.15, 0.2) is 5.78 Å². The van der Waals surface area contributed by atoms with Crippen LogP contribution in [-0.4, -0.2) is 46.9 Å². The zero-order valence-corrected chi connectivity index (χ0v) is 14.3. The maximum atomic E-state index is 11.5. The van der Waals surface area contributed by atoms with Gasteiger partial charge in [0, 0.05) is 12.1 Å². The fraction of sp³-hybridized carbons (Fsp3) is 0.529. The molecule has 5 N–H and O–H groups in total. The molecule has 2 atom stereocenters. The normalized spacial score (nSPS) is 13.9. The Morgan fingerprint density at radius 3 is 2.29 bits per heavy atom. The molecule has 0 saturated carbocycles. The van der Waals surface area contributed by atoms with Crippen molar-refractivity contribution < 1.29 is 24.5 Å². The number of aliphatic hydroxyl groups excluding tert-OH is 2. The summed E-state index contributed by atoms with van der Waals surface area (Å²) in [5.74, 6) is -0.196. The maximum Gasteiger partial charge on any atom is 0.407 e. The fourth-order valence-corrected chi connectivity index (χ4v) is 2.00. The second-order valence-electron chi connectivity index (χ2n) is 6.48. The highest BCUT2D eigenvalue weighted by Crippen LogP contribution is 2.19. The predicted octanol–water partition coefficient (Wildman–Crippen LogP) is 1.14. The van der Waals surface area contributed by atoms with Gasteiger partial charge in [0.2, 0.25) is 0 Å². The third-order valence-corrected chi connectivity index (χ3v) is 3.23. The van der Waals surface area contributed by atoms with Crippen LogP contribution in [0.2, 0.25) is 0 Å². The van der Waals surface area contributed by atoms with Gasteiger partial charge in [0.1, 0.15) is 11.7 Å². The number of hydrogen-bond donors (Lipinski definition) is 4. The summed E-state index contributed by atoms with van der Waals surface area (Å²) in [6.07, 6.45) is -2.60. The maximum absolute atomic E-state index is 11.5. The third-order valence-electron chi connectivity index (χ3n) is 3.23. The van der Waals surface area contributed by atoms with Crippen LogP contribution < -0.4 is 11.1 Å². The monoisotopic (exact) mass is 338 g/mol. The standard InChI is InChI=1S/C17H26N2O5/c1-17(2,3)24-16(23)19-9-8-13(20)15(22)12-6-4-11(5-7-12)14(21)10-18/h4-7,13,15,20,22H,8-10,18H2,1-3H3,(H,19,23). The lowest BCUT2D eigenvalue weighted by atomic mass is 10.00. The number of nitrogens with one attached hydrogen (secondary N) is 1. The molecule has 24 heavy (non-hydrogen) atoms. The van der Waals surface area contributed by atoms with Crippen molar-refractivity contribution in [2.24, 2.45) is 5.73 Å². The minimum atomic E-state index is -1.12. The van der Waals surface area contributed by atoms with Gasteiger partial charge in [-0.25, -0.2) is 4.79 Å². The molecule has 1 rings (SSSR count). The Morgan fingerprint density at radius 2 is 1.79 bits per heavy atom. The number of ketones is 1. The Morgan fingerprint density at radius 1 is 1.21 bits per heavy atom. The molecule has 1 aromatic rings. The number of benzene rings is 1. The number of rotatable bonds is 7. The smallest absolute Gasteiger partial charge is 0.407 e. The molecule has 0 saturated heterocycles. The Kier molecular flexibility index (Phi) is 7.34. The highest BCUT2D eigenvalue weighted by molar-refractivity contribution is 5.97. The van der Waals surface area contributed by atoms with Crippen LogP contribution in [0.5, 0.6) is 0 Å². The molecule has 7 nitrogen and oxygen atoms in total. The SMILES string of the molecule is CC(C)(C)OC(=O)NCCC(O)C(O)c1ccc(C(=O)CN)cc1. The number of nitrogens with two attached hydrogens (primary N) is 1. The van der Waals surface area contributed by atoms with Gasteiger partial charge >= 0.3 is 6.09 Å². The molecule has 0 spiro atoms. The molecular weight excluding hydrogens is 312 g/mol. The van der Waals surface area contributed by atoms with Crippen LogP contribution in [0.1, 0.15) is 49.2 Å². The van der Waals surface area contributed by atoms with Gasteiger partial charge < -0.3 is 26.0 Å². The average Bonchev–Trinajstić information content (AvgIpc) is 2.51. The summed E-state index contributed by atoms with van der Waals surface area (Å²) in [6.45, 7) is 5.34. The van der Waals surface area contributed by atoms with Crippen molar-refractivity contribution in [3.63, 3.8) is 0 Å². The first kappa shape index (κ1) is 20.1. The lowest BCUT2D eigenvalue weighted by Crippen LogP contribution is -2.34. The number of carbonyl (C=O) groups is 2. The number of Topliss-reactive ketones (excluding diaryl/α,β-unsaturated/α-hetero) is 1. The summed E-state index contributed by atoms with van der Waals surface area (Å²) in [5, 5.41) is 22.7. The lowest BCUT2D eigenvalue weighted by Gasteiger charge is -2.21. The molecule has 0 aliphatic heterocycles. The van der Waals surface area contributed by atoms with Gasteiger partial charge in [0.05, 0.1) is 12.6 Å². The Labute approximate surface area is 141 Å². The van der Waals surface area contributed by atoms with Crippen LogP contribution in [0.4, 0.5) is 4.79 Å². The van der Waals surface area contributed by atoms with Crippen molar-refractivity contribution >= 4 is 11.9 Å². The summed E-state index contributed by atoms with van der Waals surface area (Å²) in [7, 11) is 0. The number of aliphatic hydroxyl groups is 2. The molecule has 2 unspecified atom stereocenters. The molecule has 1 aromatic carbocycles. The number of ether oxygens (including phenoxy) is 1. The second kappa shape index (κ2) is 8.77. The molecule has 1 amide bonds. The zero-order chi connectivity index (χ0) is 18.3. The molecule has 0 heterocycles. The van der Waals surface area contributed by atoms with Crippen molar-refractivity contribution in [1.82, 2.24) is 5.32 Å². The predicted molar refractivity (Wildman–Crippen MR) is 89.6 cm³/mol. The van der Waals surface area contributed by atoms with Crippen molar-refractivity contribution in [3.8, 4) is 0 Å². The van der Waals surface area contributed by atoms with E-state index in [-0.39, 0.29) is 25.3 Å². The van der Waals surface area contributed by atoms with E-state index < -0.39 is 23.9 Å². The first-order chi connectivity index (χ1) is 11.1. The third kappa shape index (κ3) is 6.66. The van der Waals surface area contributed by atoms with E-state index in [1.54, 1.807) is 45.0 Å². The van der Waals surface area contributed by atoms with E-state index in [0.717, 1.165) is 0 Å². The number of carbonyl (C=O) groups excluding carboxylic acids is 2. The molecular formula is C17H26N2O5. The van der Waals surface area contributed by atoms with Crippen LogP contribution in [-0.2, 0) is 4.74 Å². The second-order valence-corrected chi connectivity index (χ2v) is 6.48. The largest absolute Gasteiger partial charge is 0.444 e. The Balaban J connectivity index is 2.48. The highest BCUT2D eigenvalue weighted by atomic mass is 16.6. The topological polar surface area (TPSA) is 122 Å². The minimum absolute atomic E-state index is 0.0825. The van der Waals surface area contributed by atoms with Crippen molar-refractivity contribution in [3.05, 3.63) is 35.4 Å². The summed E-state index contributed by atoms with van der Waals surface area (Å²) in [6, 6.07) is 6.25. The van der Waals surface area contributed by atoms with E-state index in [1.165, 1.54) is 0 Å². The lowest BCUT2D eigenvalue weighted by molar-refractivity contribution is 0.0123. The highest BCUT2D eigenvalue weighted by Gasteiger charge is 2.20. The first-order valence-electron chi connectivity index (χ1n) is 7.80. The molecule has 7 heteroatoms. The summed E-state index contributed by atoms with van der Waals surface area (Å²) < 4.78 is 5.07. The van der Waals surface area contributed by atoms with Gasteiger partial charge in [-0.05, 0) is 32.8 Å². The van der Waals surface area contributed by atoms with Crippen LogP contribution in [0.3, 0.4) is 0 Å². The summed E-state index contributed by atoms with van der Waals surface area (Å²) in [5.41, 5.74) is 5.62. The van der Waals surface area contributed by atoms with Gasteiger partial charge in [0.25, 0.3) is 0 Å². The average molecular weight is 338 g/mol. The van der Waals surface area contributed by atoms with E-state index in [1.807, 2.05) is 0 Å². The minimum Gasteiger partial charge on any atom is -0.444 e. The van der Waals surface area contributed by atoms with Crippen LogP contribution in [0.15, 0.2) is 24.3 Å². The molecule has 0 aromatic heterocycles. The van der Waals surface area contributed by atoms with Crippen LogP contribution in [0, 0.1) is 0 Å². The number of hydrogen-bond acceptors (Lipinski definition) is 6. The fourth-order valence-electron chi connectivity index (χ4n) is 2.00. The molecule has 0 radical (unpaired) electrons. The van der Waals surface area contributed by atoms with Crippen molar-refractivity contribution in [1.29, 1.82) is 0 Å². The first-order valence-corrected chi connectivity index (χ1v) is 7.80. The quantitative estimate of drug-likeness (QED) is 0.553. The molecule has 0 aliphatic carbocycles. The van der Waals surface area contributed by atoms with E-state index in [2.05, 4.69) is 5.32 Å². The van der Waals surface area contributed by atoms with E-state index >= 15 is 0 Å². The van der Waals surface area contributed by atoms with Gasteiger partial charge in [-0.15, -0.1) is 0 Å².